The van der Waals surface area contributed by atoms with E-state index in [0.29, 0.717) is 0 Å². The minimum atomic E-state index is -2.24. The molecule has 3 aromatic rings. The van der Waals surface area contributed by atoms with Gasteiger partial charge in [-0.05, 0) is 30.3 Å². The minimum Gasteiger partial charge on any atom is -0.392 e. The Balaban J connectivity index is 2.29. The van der Waals surface area contributed by atoms with Gasteiger partial charge in [-0.3, -0.25) is 0 Å². The molecule has 22 heavy (non-hydrogen) atoms. The third kappa shape index (κ3) is 2.61. The van der Waals surface area contributed by atoms with Crippen LogP contribution in [0.3, 0.4) is 0 Å². The molecule has 3 aromatic carbocycles. The van der Waals surface area contributed by atoms with Crippen LogP contribution in [0.4, 0.5) is 0 Å². The summed E-state index contributed by atoms with van der Waals surface area (Å²) in [5, 5.41) is 13.0. The minimum absolute atomic E-state index is 0.00517. The van der Waals surface area contributed by atoms with E-state index in [1.807, 2.05) is 60.7 Å². The molecule has 0 atom stereocenters. The maximum atomic E-state index is 9.74. The second-order valence-electron chi connectivity index (χ2n) is 5.18. The number of benzene rings is 3. The molecule has 106 valence electrons. The molecule has 0 aliphatic heterocycles. The number of aliphatic hydroxyl groups excluding tert-OH is 1. The van der Waals surface area contributed by atoms with Crippen molar-refractivity contribution in [3.63, 3.8) is 0 Å². The van der Waals surface area contributed by atoms with Crippen molar-refractivity contribution in [1.82, 2.24) is 0 Å². The lowest BCUT2D eigenvalue weighted by molar-refractivity contribution is 0.283. The fourth-order valence-electron chi connectivity index (χ4n) is 2.74. The smallest absolute Gasteiger partial charge is 0.383 e. The standard InChI is InChI=1S/C19H17BOP/c20-22(17-10-3-1-4-11-17,18-12-5-2-6-13-18)19-14-8-7-9-16(19)15-21/h1-14,21H,15H2/q+1. The van der Waals surface area contributed by atoms with Gasteiger partial charge in [0.2, 0.25) is 0 Å². The van der Waals surface area contributed by atoms with Crippen LogP contribution in [0.25, 0.3) is 0 Å². The highest BCUT2D eigenvalue weighted by Gasteiger charge is 2.41. The third-order valence-corrected chi connectivity index (χ3v) is 7.29. The van der Waals surface area contributed by atoms with Crippen molar-refractivity contribution in [3.8, 4) is 0 Å². The largest absolute Gasteiger partial charge is 0.392 e. The average Bonchev–Trinajstić information content (AvgIpc) is 2.62. The van der Waals surface area contributed by atoms with Gasteiger partial charge in [0.25, 0.3) is 0 Å². The van der Waals surface area contributed by atoms with Crippen molar-refractivity contribution >= 4 is 30.6 Å². The molecule has 0 bridgehead atoms. The molecule has 3 heteroatoms. The van der Waals surface area contributed by atoms with Gasteiger partial charge in [0.1, 0.15) is 0 Å². The van der Waals surface area contributed by atoms with E-state index in [0.717, 1.165) is 21.5 Å². The van der Waals surface area contributed by atoms with Crippen LogP contribution in [-0.2, 0) is 6.61 Å². The SMILES string of the molecule is [B][P+](c1ccccc1)(c1ccccc1)c1ccccc1CO. The zero-order valence-electron chi connectivity index (χ0n) is 12.3. The van der Waals surface area contributed by atoms with E-state index < -0.39 is 7.14 Å². The quantitative estimate of drug-likeness (QED) is 0.580. The maximum Gasteiger partial charge on any atom is 0.383 e. The molecule has 2 radical (unpaired) electrons. The lowest BCUT2D eigenvalue weighted by Crippen LogP contribution is -2.33. The molecule has 0 spiro atoms. The van der Waals surface area contributed by atoms with Gasteiger partial charge in [-0.2, -0.15) is 0 Å². The van der Waals surface area contributed by atoms with Crippen LogP contribution in [0.15, 0.2) is 84.9 Å². The molecule has 0 heterocycles. The van der Waals surface area contributed by atoms with Gasteiger partial charge in [0, 0.05) is 5.56 Å². The zero-order valence-corrected chi connectivity index (χ0v) is 13.2. The molecule has 0 aromatic heterocycles. The fourth-order valence-corrected chi connectivity index (χ4v) is 5.80. The highest BCUT2D eigenvalue weighted by molar-refractivity contribution is 8.13. The number of aliphatic hydroxyl groups is 1. The molecule has 0 amide bonds. The van der Waals surface area contributed by atoms with Crippen molar-refractivity contribution in [2.24, 2.45) is 0 Å². The summed E-state index contributed by atoms with van der Waals surface area (Å²) in [6.45, 7) is -0.00517. The first kappa shape index (κ1) is 15.0. The van der Waals surface area contributed by atoms with E-state index in [-0.39, 0.29) is 6.61 Å². The molecule has 0 aliphatic rings. The van der Waals surface area contributed by atoms with Gasteiger partial charge >= 0.3 is 7.57 Å². The van der Waals surface area contributed by atoms with E-state index in [1.54, 1.807) is 0 Å². The van der Waals surface area contributed by atoms with E-state index in [4.69, 9.17) is 7.57 Å². The summed E-state index contributed by atoms with van der Waals surface area (Å²) < 4.78 is 0. The summed E-state index contributed by atoms with van der Waals surface area (Å²) in [5.74, 6) is 0. The van der Waals surface area contributed by atoms with Gasteiger partial charge in [0.15, 0.2) is 0 Å². The molecule has 0 fully saturated rings. The maximum absolute atomic E-state index is 9.74. The number of hydrogen-bond acceptors (Lipinski definition) is 1. The van der Waals surface area contributed by atoms with Crippen LogP contribution in [0.2, 0.25) is 0 Å². The van der Waals surface area contributed by atoms with Gasteiger partial charge in [-0.1, -0.05) is 54.6 Å². The predicted octanol–water partition coefficient (Wildman–Crippen LogP) is 2.56. The first-order chi connectivity index (χ1) is 10.8. The van der Waals surface area contributed by atoms with Crippen molar-refractivity contribution in [2.75, 3.05) is 0 Å². The molecular weight excluding hydrogens is 286 g/mol. The first-order valence-corrected chi connectivity index (χ1v) is 9.11. The average molecular weight is 303 g/mol. The topological polar surface area (TPSA) is 20.2 Å². The molecule has 1 nitrogen and oxygen atoms in total. The number of rotatable bonds is 4. The van der Waals surface area contributed by atoms with E-state index in [2.05, 4.69) is 24.3 Å². The van der Waals surface area contributed by atoms with Crippen molar-refractivity contribution < 1.29 is 5.11 Å². The van der Waals surface area contributed by atoms with Crippen LogP contribution >= 0.6 is 7.14 Å². The van der Waals surface area contributed by atoms with Crippen molar-refractivity contribution in [2.45, 2.75) is 6.61 Å². The molecule has 0 aliphatic carbocycles. The second-order valence-corrected chi connectivity index (χ2v) is 8.14. The van der Waals surface area contributed by atoms with E-state index in [9.17, 15) is 5.11 Å². The second kappa shape index (κ2) is 6.48. The Bertz CT molecular complexity index is 704. The van der Waals surface area contributed by atoms with Gasteiger partial charge in [-0.15, -0.1) is 0 Å². The highest BCUT2D eigenvalue weighted by atomic mass is 31.2. The lowest BCUT2D eigenvalue weighted by Gasteiger charge is -2.25. The lowest BCUT2D eigenvalue weighted by atomic mass is 10.2. The van der Waals surface area contributed by atoms with Crippen LogP contribution in [-0.4, -0.2) is 12.7 Å². The fraction of sp³-hybridized carbons (Fsp3) is 0.0526. The molecular formula is C19H17BOP+. The van der Waals surface area contributed by atoms with Gasteiger partial charge in [0.05, 0.1) is 29.7 Å². The molecule has 0 unspecified atom stereocenters. The summed E-state index contributed by atoms with van der Waals surface area (Å²) in [6, 6.07) is 28.3. The van der Waals surface area contributed by atoms with Crippen molar-refractivity contribution in [1.29, 1.82) is 0 Å². The summed E-state index contributed by atoms with van der Waals surface area (Å²) >= 11 is 0. The Morgan fingerprint density at radius 1 is 0.682 bits per heavy atom. The molecule has 3 rings (SSSR count). The number of hydrogen-bond donors (Lipinski definition) is 1. The Kier molecular flexibility index (Phi) is 4.43. The summed E-state index contributed by atoms with van der Waals surface area (Å²) in [5.41, 5.74) is 0.894. The molecule has 0 saturated heterocycles. The Morgan fingerprint density at radius 2 is 1.14 bits per heavy atom. The Hall–Kier alpha value is -1.89. The Labute approximate surface area is 133 Å². The molecule has 0 saturated carbocycles. The van der Waals surface area contributed by atoms with Gasteiger partial charge < -0.3 is 5.11 Å². The summed E-state index contributed by atoms with van der Waals surface area (Å²) in [4.78, 5) is 0. The highest BCUT2D eigenvalue weighted by Crippen LogP contribution is 2.50. The normalized spacial score (nSPS) is 11.3. The van der Waals surface area contributed by atoms with Crippen LogP contribution in [0.1, 0.15) is 5.56 Å². The van der Waals surface area contributed by atoms with Gasteiger partial charge in [-0.25, -0.2) is 0 Å². The van der Waals surface area contributed by atoms with E-state index >= 15 is 0 Å². The zero-order chi connectivity index (χ0) is 15.4. The van der Waals surface area contributed by atoms with Crippen LogP contribution < -0.4 is 15.9 Å². The third-order valence-electron chi connectivity index (χ3n) is 3.87. The van der Waals surface area contributed by atoms with E-state index in [1.165, 1.54) is 0 Å². The van der Waals surface area contributed by atoms with Crippen LogP contribution in [0.5, 0.6) is 0 Å². The van der Waals surface area contributed by atoms with Crippen molar-refractivity contribution in [3.05, 3.63) is 90.5 Å². The molecule has 1 N–H and O–H groups in total. The predicted molar refractivity (Wildman–Crippen MR) is 96.8 cm³/mol. The monoisotopic (exact) mass is 303 g/mol. The summed E-state index contributed by atoms with van der Waals surface area (Å²) in [6.07, 6.45) is 0. The Morgan fingerprint density at radius 3 is 1.64 bits per heavy atom. The van der Waals surface area contributed by atoms with Crippen LogP contribution in [0, 0.1) is 0 Å². The first-order valence-electron chi connectivity index (χ1n) is 7.25. The summed E-state index contributed by atoms with van der Waals surface area (Å²) in [7, 11) is 4.80.